The number of hydrogen-bond donors (Lipinski definition) is 1. The fraction of sp³-hybridized carbons (Fsp3) is 0.462. The van der Waals surface area contributed by atoms with Gasteiger partial charge >= 0.3 is 5.97 Å². The van der Waals surface area contributed by atoms with Gasteiger partial charge in [-0.25, -0.2) is 4.79 Å². The summed E-state index contributed by atoms with van der Waals surface area (Å²) in [6.07, 6.45) is 2.17. The van der Waals surface area contributed by atoms with Crippen LogP contribution in [0.4, 0.5) is 0 Å². The quantitative estimate of drug-likeness (QED) is 0.820. The van der Waals surface area contributed by atoms with Crippen LogP contribution in [0.3, 0.4) is 0 Å². The summed E-state index contributed by atoms with van der Waals surface area (Å²) in [5.74, 6) is -0.160. The maximum Gasteiger partial charge on any atom is 0.335 e. The predicted molar refractivity (Wildman–Crippen MR) is 61.3 cm³/mol. The van der Waals surface area contributed by atoms with E-state index in [2.05, 4.69) is 13.8 Å². The summed E-state index contributed by atoms with van der Waals surface area (Å²) in [6, 6.07) is 5.60. The number of carboxylic acid groups (broad SMARTS) is 1. The molecule has 82 valence electrons. The first-order valence-electron chi connectivity index (χ1n) is 5.33. The molecule has 0 amide bonds. The van der Waals surface area contributed by atoms with E-state index in [1.54, 1.807) is 6.07 Å². The van der Waals surface area contributed by atoms with Gasteiger partial charge in [-0.3, -0.25) is 0 Å². The molecule has 0 saturated heterocycles. The van der Waals surface area contributed by atoms with Crippen LogP contribution in [0.2, 0.25) is 0 Å². The van der Waals surface area contributed by atoms with Crippen LogP contribution in [0.1, 0.15) is 41.8 Å². The first-order valence-corrected chi connectivity index (χ1v) is 5.33. The SMILES string of the molecule is Cc1cc(CCC(C)C)ccc1C(=O)O. The van der Waals surface area contributed by atoms with Crippen molar-refractivity contribution in [3.63, 3.8) is 0 Å². The minimum absolute atomic E-state index is 0.406. The van der Waals surface area contributed by atoms with Gasteiger partial charge in [0, 0.05) is 0 Å². The molecule has 1 aromatic rings. The van der Waals surface area contributed by atoms with E-state index >= 15 is 0 Å². The topological polar surface area (TPSA) is 37.3 Å². The molecule has 0 aliphatic rings. The molecule has 0 saturated carbocycles. The number of hydrogen-bond acceptors (Lipinski definition) is 1. The molecule has 0 bridgehead atoms. The Bertz CT molecular complexity index is 354. The van der Waals surface area contributed by atoms with Gasteiger partial charge in [0.1, 0.15) is 0 Å². The van der Waals surface area contributed by atoms with Crippen molar-refractivity contribution in [3.05, 3.63) is 34.9 Å². The van der Waals surface area contributed by atoms with E-state index in [-0.39, 0.29) is 0 Å². The molecule has 0 aliphatic heterocycles. The van der Waals surface area contributed by atoms with E-state index < -0.39 is 5.97 Å². The van der Waals surface area contributed by atoms with Crippen LogP contribution in [0.15, 0.2) is 18.2 Å². The Hall–Kier alpha value is -1.31. The molecule has 1 aromatic carbocycles. The zero-order chi connectivity index (χ0) is 11.4. The lowest BCUT2D eigenvalue weighted by molar-refractivity contribution is 0.0696. The lowest BCUT2D eigenvalue weighted by Gasteiger charge is -2.07. The van der Waals surface area contributed by atoms with Crippen molar-refractivity contribution in [2.75, 3.05) is 0 Å². The number of carboxylic acids is 1. The van der Waals surface area contributed by atoms with Crippen molar-refractivity contribution in [3.8, 4) is 0 Å². The number of benzene rings is 1. The lowest BCUT2D eigenvalue weighted by atomic mass is 9.99. The maximum absolute atomic E-state index is 10.8. The summed E-state index contributed by atoms with van der Waals surface area (Å²) in [4.78, 5) is 10.8. The summed E-state index contributed by atoms with van der Waals surface area (Å²) in [5, 5.41) is 8.87. The Kier molecular flexibility index (Phi) is 3.89. The number of aromatic carboxylic acids is 1. The van der Waals surface area contributed by atoms with Gasteiger partial charge in [0.15, 0.2) is 0 Å². The zero-order valence-electron chi connectivity index (χ0n) is 9.58. The van der Waals surface area contributed by atoms with Crippen LogP contribution in [-0.2, 0) is 6.42 Å². The first kappa shape index (κ1) is 11.8. The molecule has 0 fully saturated rings. The van der Waals surface area contributed by atoms with Crippen LogP contribution in [-0.4, -0.2) is 11.1 Å². The summed E-state index contributed by atoms with van der Waals surface area (Å²) in [5.41, 5.74) is 2.48. The molecule has 2 nitrogen and oxygen atoms in total. The second kappa shape index (κ2) is 4.96. The van der Waals surface area contributed by atoms with E-state index in [1.165, 1.54) is 5.56 Å². The summed E-state index contributed by atoms with van der Waals surface area (Å²) in [7, 11) is 0. The average Bonchev–Trinajstić information content (AvgIpc) is 2.14. The van der Waals surface area contributed by atoms with Crippen molar-refractivity contribution >= 4 is 5.97 Å². The molecule has 1 rings (SSSR count). The van der Waals surface area contributed by atoms with Gasteiger partial charge in [-0.1, -0.05) is 26.0 Å². The van der Waals surface area contributed by atoms with Gasteiger partial charge in [-0.15, -0.1) is 0 Å². The highest BCUT2D eigenvalue weighted by molar-refractivity contribution is 5.89. The van der Waals surface area contributed by atoms with Crippen molar-refractivity contribution in [1.29, 1.82) is 0 Å². The third-order valence-corrected chi connectivity index (χ3v) is 2.53. The molecule has 0 radical (unpaired) electrons. The Morgan fingerprint density at radius 3 is 2.53 bits per heavy atom. The second-order valence-electron chi connectivity index (χ2n) is 4.39. The van der Waals surface area contributed by atoms with Crippen LogP contribution in [0, 0.1) is 12.8 Å². The molecule has 15 heavy (non-hydrogen) atoms. The van der Waals surface area contributed by atoms with E-state index in [9.17, 15) is 4.79 Å². The third-order valence-electron chi connectivity index (χ3n) is 2.53. The Labute approximate surface area is 90.9 Å². The fourth-order valence-corrected chi connectivity index (χ4v) is 1.58. The van der Waals surface area contributed by atoms with Crippen LogP contribution in [0.25, 0.3) is 0 Å². The highest BCUT2D eigenvalue weighted by atomic mass is 16.4. The number of carbonyl (C=O) groups is 1. The van der Waals surface area contributed by atoms with Crippen molar-refractivity contribution in [1.82, 2.24) is 0 Å². The standard InChI is InChI=1S/C13H18O2/c1-9(2)4-5-11-6-7-12(13(14)15)10(3)8-11/h6-9H,4-5H2,1-3H3,(H,14,15). The highest BCUT2D eigenvalue weighted by Crippen LogP contribution is 2.14. The van der Waals surface area contributed by atoms with E-state index in [0.29, 0.717) is 11.5 Å². The Morgan fingerprint density at radius 2 is 2.07 bits per heavy atom. The Morgan fingerprint density at radius 1 is 1.40 bits per heavy atom. The van der Waals surface area contributed by atoms with E-state index in [4.69, 9.17) is 5.11 Å². The average molecular weight is 206 g/mol. The predicted octanol–water partition coefficient (Wildman–Crippen LogP) is 3.28. The van der Waals surface area contributed by atoms with E-state index in [0.717, 1.165) is 18.4 Å². The smallest absolute Gasteiger partial charge is 0.335 e. The number of rotatable bonds is 4. The van der Waals surface area contributed by atoms with Crippen molar-refractivity contribution < 1.29 is 9.90 Å². The molecule has 0 spiro atoms. The molecule has 1 N–H and O–H groups in total. The molecule has 0 atom stereocenters. The largest absolute Gasteiger partial charge is 0.478 e. The molecule has 0 unspecified atom stereocenters. The minimum Gasteiger partial charge on any atom is -0.478 e. The minimum atomic E-state index is -0.845. The van der Waals surface area contributed by atoms with Gasteiger partial charge in [-0.2, -0.15) is 0 Å². The third kappa shape index (κ3) is 3.39. The second-order valence-corrected chi connectivity index (χ2v) is 4.39. The lowest BCUT2D eigenvalue weighted by Crippen LogP contribution is -2.01. The first-order chi connectivity index (χ1) is 7.00. The molecular formula is C13H18O2. The van der Waals surface area contributed by atoms with Gasteiger partial charge in [-0.05, 0) is 42.9 Å². The maximum atomic E-state index is 10.8. The highest BCUT2D eigenvalue weighted by Gasteiger charge is 2.07. The van der Waals surface area contributed by atoms with Crippen LogP contribution >= 0.6 is 0 Å². The number of aryl methyl sites for hydroxylation is 2. The van der Waals surface area contributed by atoms with Crippen molar-refractivity contribution in [2.45, 2.75) is 33.6 Å². The van der Waals surface area contributed by atoms with Crippen LogP contribution in [0.5, 0.6) is 0 Å². The van der Waals surface area contributed by atoms with Gasteiger partial charge in [0.25, 0.3) is 0 Å². The van der Waals surface area contributed by atoms with E-state index in [1.807, 2.05) is 19.1 Å². The molecule has 2 heteroatoms. The monoisotopic (exact) mass is 206 g/mol. The van der Waals surface area contributed by atoms with Gasteiger partial charge < -0.3 is 5.11 Å². The summed E-state index contributed by atoms with van der Waals surface area (Å²) >= 11 is 0. The molecular weight excluding hydrogens is 188 g/mol. The zero-order valence-corrected chi connectivity index (χ0v) is 9.58. The summed E-state index contributed by atoms with van der Waals surface area (Å²) in [6.45, 7) is 6.24. The van der Waals surface area contributed by atoms with Crippen LogP contribution < -0.4 is 0 Å². The van der Waals surface area contributed by atoms with Crippen molar-refractivity contribution in [2.24, 2.45) is 5.92 Å². The Balaban J connectivity index is 2.78. The van der Waals surface area contributed by atoms with Gasteiger partial charge in [0.05, 0.1) is 5.56 Å². The molecule has 0 aliphatic carbocycles. The fourth-order valence-electron chi connectivity index (χ4n) is 1.58. The van der Waals surface area contributed by atoms with Gasteiger partial charge in [0.2, 0.25) is 0 Å². The normalized spacial score (nSPS) is 10.7. The molecule has 0 heterocycles. The molecule has 0 aromatic heterocycles. The summed E-state index contributed by atoms with van der Waals surface area (Å²) < 4.78 is 0.